The zero-order chi connectivity index (χ0) is 12.5. The summed E-state index contributed by atoms with van der Waals surface area (Å²) in [5, 5.41) is 2.84. The molecular weight excluding hydrogens is 214 g/mol. The van der Waals surface area contributed by atoms with Gasteiger partial charge in [-0.2, -0.15) is 0 Å². The highest BCUT2D eigenvalue weighted by Gasteiger charge is 2.19. The molecule has 0 bridgehead atoms. The quantitative estimate of drug-likeness (QED) is 0.806. The Balaban J connectivity index is 2.10. The molecule has 0 aromatic heterocycles. The van der Waals surface area contributed by atoms with Crippen molar-refractivity contribution >= 4 is 11.8 Å². The minimum atomic E-state index is -0.456. The number of rotatable bonds is 1. The fourth-order valence-electron chi connectivity index (χ4n) is 2.15. The molecule has 17 heavy (non-hydrogen) atoms. The molecule has 0 saturated carbocycles. The number of benzene rings is 1. The molecule has 1 aromatic rings. The van der Waals surface area contributed by atoms with Crippen LogP contribution in [0.15, 0.2) is 18.2 Å². The van der Waals surface area contributed by atoms with Gasteiger partial charge in [-0.1, -0.05) is 12.1 Å². The van der Waals surface area contributed by atoms with E-state index in [0.717, 1.165) is 18.5 Å². The maximum Gasteiger partial charge on any atom is 0.412 e. The Hall–Kier alpha value is -1.51. The first-order valence-electron chi connectivity index (χ1n) is 6.06. The van der Waals surface area contributed by atoms with E-state index in [0.29, 0.717) is 0 Å². The summed E-state index contributed by atoms with van der Waals surface area (Å²) in [6.45, 7) is 5.59. The van der Waals surface area contributed by atoms with Crippen LogP contribution in [0.25, 0.3) is 0 Å². The van der Waals surface area contributed by atoms with Crippen molar-refractivity contribution in [2.75, 3.05) is 5.32 Å². The van der Waals surface area contributed by atoms with E-state index in [9.17, 15) is 4.79 Å². The van der Waals surface area contributed by atoms with Crippen LogP contribution in [-0.4, -0.2) is 11.7 Å². The Kier molecular flexibility index (Phi) is 3.09. The van der Waals surface area contributed by atoms with Crippen LogP contribution in [-0.2, 0) is 17.6 Å². The molecule has 0 atom stereocenters. The van der Waals surface area contributed by atoms with Gasteiger partial charge in [0.2, 0.25) is 0 Å². The van der Waals surface area contributed by atoms with E-state index in [1.165, 1.54) is 17.5 Å². The lowest BCUT2D eigenvalue weighted by Crippen LogP contribution is -2.27. The third-order valence-electron chi connectivity index (χ3n) is 2.78. The first kappa shape index (κ1) is 12.0. The lowest BCUT2D eigenvalue weighted by atomic mass is 10.1. The van der Waals surface area contributed by atoms with Crippen molar-refractivity contribution in [3.8, 4) is 0 Å². The average molecular weight is 233 g/mol. The summed E-state index contributed by atoms with van der Waals surface area (Å²) in [6.07, 6.45) is 2.95. The summed E-state index contributed by atoms with van der Waals surface area (Å²) in [4.78, 5) is 11.7. The van der Waals surface area contributed by atoms with E-state index in [1.807, 2.05) is 32.9 Å². The maximum absolute atomic E-state index is 11.7. The topological polar surface area (TPSA) is 38.3 Å². The van der Waals surface area contributed by atoms with Crippen LogP contribution in [0, 0.1) is 0 Å². The number of carbonyl (C=O) groups excluding carboxylic acids is 1. The Labute approximate surface area is 102 Å². The summed E-state index contributed by atoms with van der Waals surface area (Å²) in [5.74, 6) is 0. The van der Waals surface area contributed by atoms with Crippen molar-refractivity contribution in [1.82, 2.24) is 0 Å². The van der Waals surface area contributed by atoms with Crippen molar-refractivity contribution in [3.05, 3.63) is 29.3 Å². The minimum Gasteiger partial charge on any atom is -0.444 e. The van der Waals surface area contributed by atoms with Crippen LogP contribution >= 0.6 is 0 Å². The van der Waals surface area contributed by atoms with Crippen LogP contribution < -0.4 is 5.32 Å². The Bertz CT molecular complexity index is 432. The molecular formula is C14H19NO2. The fraction of sp³-hybridized carbons (Fsp3) is 0.500. The summed E-state index contributed by atoms with van der Waals surface area (Å²) >= 11 is 0. The van der Waals surface area contributed by atoms with E-state index in [-0.39, 0.29) is 6.09 Å². The highest BCUT2D eigenvalue weighted by molar-refractivity contribution is 5.86. The third kappa shape index (κ3) is 2.99. The molecule has 1 aliphatic carbocycles. The first-order chi connectivity index (χ1) is 7.96. The smallest absolute Gasteiger partial charge is 0.412 e. The van der Waals surface area contributed by atoms with Gasteiger partial charge in [-0.15, -0.1) is 0 Å². The normalized spacial score (nSPS) is 14.3. The van der Waals surface area contributed by atoms with E-state index in [2.05, 4.69) is 11.4 Å². The number of anilines is 1. The van der Waals surface area contributed by atoms with Crippen LogP contribution in [0.2, 0.25) is 0 Å². The summed E-state index contributed by atoms with van der Waals surface area (Å²) in [6, 6.07) is 6.05. The van der Waals surface area contributed by atoms with Gasteiger partial charge in [-0.05, 0) is 57.2 Å². The highest BCUT2D eigenvalue weighted by Crippen LogP contribution is 2.28. The van der Waals surface area contributed by atoms with Crippen molar-refractivity contribution in [2.45, 2.75) is 45.6 Å². The number of hydrogen-bond acceptors (Lipinski definition) is 2. The molecule has 92 valence electrons. The fourth-order valence-corrected chi connectivity index (χ4v) is 2.15. The Morgan fingerprint density at radius 2 is 2.06 bits per heavy atom. The van der Waals surface area contributed by atoms with E-state index < -0.39 is 5.60 Å². The lowest BCUT2D eigenvalue weighted by Gasteiger charge is -2.20. The van der Waals surface area contributed by atoms with Gasteiger partial charge < -0.3 is 4.74 Å². The lowest BCUT2D eigenvalue weighted by molar-refractivity contribution is 0.0636. The number of carbonyl (C=O) groups is 1. The number of ether oxygens (including phenoxy) is 1. The van der Waals surface area contributed by atoms with Crippen LogP contribution in [0.3, 0.4) is 0 Å². The molecule has 1 amide bonds. The number of aryl methyl sites for hydroxylation is 1. The van der Waals surface area contributed by atoms with Gasteiger partial charge in [0.25, 0.3) is 0 Å². The summed E-state index contributed by atoms with van der Waals surface area (Å²) in [7, 11) is 0. The Morgan fingerprint density at radius 3 is 2.76 bits per heavy atom. The molecule has 0 saturated heterocycles. The van der Waals surface area contributed by atoms with Gasteiger partial charge in [-0.3, -0.25) is 5.32 Å². The zero-order valence-electron chi connectivity index (χ0n) is 10.7. The van der Waals surface area contributed by atoms with Crippen molar-refractivity contribution in [3.63, 3.8) is 0 Å². The van der Waals surface area contributed by atoms with Gasteiger partial charge in [0.1, 0.15) is 5.60 Å². The number of fused-ring (bicyclic) bond motifs is 1. The molecule has 1 N–H and O–H groups in total. The van der Waals surface area contributed by atoms with Gasteiger partial charge in [-0.25, -0.2) is 4.79 Å². The van der Waals surface area contributed by atoms with Crippen LogP contribution in [0.5, 0.6) is 0 Å². The van der Waals surface area contributed by atoms with Gasteiger partial charge in [0, 0.05) is 5.69 Å². The predicted octanol–water partition coefficient (Wildman–Crippen LogP) is 3.52. The summed E-state index contributed by atoms with van der Waals surface area (Å²) in [5.41, 5.74) is 3.05. The maximum atomic E-state index is 11.7. The molecule has 3 heteroatoms. The van der Waals surface area contributed by atoms with Gasteiger partial charge >= 0.3 is 6.09 Å². The molecule has 1 aromatic carbocycles. The molecule has 3 nitrogen and oxygen atoms in total. The summed E-state index contributed by atoms with van der Waals surface area (Å²) < 4.78 is 5.25. The second kappa shape index (κ2) is 4.40. The Morgan fingerprint density at radius 1 is 1.29 bits per heavy atom. The molecule has 0 unspecified atom stereocenters. The number of amides is 1. The van der Waals surface area contributed by atoms with Crippen LogP contribution in [0.1, 0.15) is 38.3 Å². The predicted molar refractivity (Wildman–Crippen MR) is 68.3 cm³/mol. The zero-order valence-corrected chi connectivity index (χ0v) is 10.7. The van der Waals surface area contributed by atoms with Gasteiger partial charge in [0.15, 0.2) is 0 Å². The van der Waals surface area contributed by atoms with Crippen LogP contribution in [0.4, 0.5) is 10.5 Å². The minimum absolute atomic E-state index is 0.377. The SMILES string of the molecule is CC(C)(C)OC(=O)Nc1cccc2c1CCC2. The second-order valence-corrected chi connectivity index (χ2v) is 5.42. The first-order valence-corrected chi connectivity index (χ1v) is 6.06. The third-order valence-corrected chi connectivity index (χ3v) is 2.78. The van der Waals surface area contributed by atoms with E-state index in [4.69, 9.17) is 4.74 Å². The number of hydrogen-bond donors (Lipinski definition) is 1. The monoisotopic (exact) mass is 233 g/mol. The second-order valence-electron chi connectivity index (χ2n) is 5.42. The van der Waals surface area contributed by atoms with Gasteiger partial charge in [0.05, 0.1) is 0 Å². The molecule has 0 aliphatic heterocycles. The molecule has 2 rings (SSSR count). The van der Waals surface area contributed by atoms with E-state index in [1.54, 1.807) is 0 Å². The largest absolute Gasteiger partial charge is 0.444 e. The number of nitrogens with one attached hydrogen (secondary N) is 1. The molecule has 1 aliphatic rings. The standard InChI is InChI=1S/C14H19NO2/c1-14(2,3)17-13(16)15-12-9-5-7-10-6-4-8-11(10)12/h5,7,9H,4,6,8H2,1-3H3,(H,15,16). The molecule has 0 fully saturated rings. The molecule has 0 heterocycles. The van der Waals surface area contributed by atoms with E-state index >= 15 is 0 Å². The molecule has 0 spiro atoms. The molecule has 0 radical (unpaired) electrons. The van der Waals surface area contributed by atoms with Crippen molar-refractivity contribution in [2.24, 2.45) is 0 Å². The highest BCUT2D eigenvalue weighted by atomic mass is 16.6. The average Bonchev–Trinajstić information content (AvgIpc) is 2.63. The van der Waals surface area contributed by atoms with Crippen molar-refractivity contribution in [1.29, 1.82) is 0 Å². The van der Waals surface area contributed by atoms with Crippen molar-refractivity contribution < 1.29 is 9.53 Å².